The molecule has 21 heavy (non-hydrogen) atoms. The molecule has 0 atom stereocenters. The van der Waals surface area contributed by atoms with Crippen LogP contribution in [0.3, 0.4) is 0 Å². The van der Waals surface area contributed by atoms with Crippen LogP contribution < -0.4 is 0 Å². The van der Waals surface area contributed by atoms with Crippen molar-refractivity contribution in [3.63, 3.8) is 0 Å². The molecule has 0 fully saturated rings. The summed E-state index contributed by atoms with van der Waals surface area (Å²) in [6.07, 6.45) is 3.34. The van der Waals surface area contributed by atoms with E-state index in [1.165, 1.54) is 0 Å². The maximum Gasteiger partial charge on any atom is 0.356 e. The molecular weight excluding hydrogens is 266 g/mol. The molecule has 0 amide bonds. The molecule has 0 bridgehead atoms. The fourth-order valence-corrected chi connectivity index (χ4v) is 2.20. The van der Waals surface area contributed by atoms with Gasteiger partial charge in [0.1, 0.15) is 0 Å². The van der Waals surface area contributed by atoms with Gasteiger partial charge in [0.25, 0.3) is 0 Å². The first-order chi connectivity index (χ1) is 10.2. The second kappa shape index (κ2) is 5.20. The molecule has 1 N–H and O–H groups in total. The Morgan fingerprint density at radius 1 is 1.14 bits per heavy atom. The predicted octanol–water partition coefficient (Wildman–Crippen LogP) is 2.94. The first-order valence-electron chi connectivity index (χ1n) is 6.46. The van der Waals surface area contributed by atoms with Crippen LogP contribution in [0.4, 0.5) is 0 Å². The van der Waals surface area contributed by atoms with Crippen molar-refractivity contribution in [2.24, 2.45) is 0 Å². The van der Waals surface area contributed by atoms with Crippen molar-refractivity contribution in [2.75, 3.05) is 0 Å². The molecule has 5 heteroatoms. The lowest BCUT2D eigenvalue weighted by Gasteiger charge is -2.09. The lowest BCUT2D eigenvalue weighted by Crippen LogP contribution is -2.03. The molecular formula is C16H13N3O2. The summed E-state index contributed by atoms with van der Waals surface area (Å²) in [5, 5.41) is 13.4. The standard InChI is InChI=1S/C16H13N3O2/c1-11-4-2-3-5-14(11)19-15(10-13(18-19)16(20)21)12-6-8-17-9-7-12/h2-10H,1H3,(H,20,21). The number of aromatic carboxylic acids is 1. The zero-order chi connectivity index (χ0) is 14.8. The van der Waals surface area contributed by atoms with E-state index in [0.717, 1.165) is 22.5 Å². The summed E-state index contributed by atoms with van der Waals surface area (Å²) in [6, 6.07) is 13.0. The number of aryl methyl sites for hydroxylation is 1. The van der Waals surface area contributed by atoms with Crippen LogP contribution in [0.5, 0.6) is 0 Å². The van der Waals surface area contributed by atoms with Crippen molar-refractivity contribution in [3.8, 4) is 16.9 Å². The minimum atomic E-state index is -1.04. The van der Waals surface area contributed by atoms with Gasteiger partial charge in [-0.2, -0.15) is 5.10 Å². The van der Waals surface area contributed by atoms with Crippen molar-refractivity contribution < 1.29 is 9.90 Å². The van der Waals surface area contributed by atoms with Crippen LogP contribution in [-0.2, 0) is 0 Å². The third-order valence-corrected chi connectivity index (χ3v) is 3.25. The lowest BCUT2D eigenvalue weighted by atomic mass is 10.1. The van der Waals surface area contributed by atoms with E-state index in [-0.39, 0.29) is 5.69 Å². The topological polar surface area (TPSA) is 68.0 Å². The monoisotopic (exact) mass is 279 g/mol. The SMILES string of the molecule is Cc1ccccc1-n1nc(C(=O)O)cc1-c1ccncc1. The quantitative estimate of drug-likeness (QED) is 0.800. The number of rotatable bonds is 3. The van der Waals surface area contributed by atoms with Crippen LogP contribution in [0.2, 0.25) is 0 Å². The smallest absolute Gasteiger partial charge is 0.356 e. The molecule has 3 aromatic rings. The highest BCUT2D eigenvalue weighted by Gasteiger charge is 2.16. The van der Waals surface area contributed by atoms with Gasteiger partial charge in [-0.3, -0.25) is 4.98 Å². The molecule has 5 nitrogen and oxygen atoms in total. The number of nitrogens with zero attached hydrogens (tertiary/aromatic N) is 3. The molecule has 0 saturated heterocycles. The molecule has 0 aliphatic rings. The van der Waals surface area contributed by atoms with Gasteiger partial charge in [0.15, 0.2) is 5.69 Å². The number of pyridine rings is 1. The van der Waals surface area contributed by atoms with Crippen molar-refractivity contribution in [1.29, 1.82) is 0 Å². The van der Waals surface area contributed by atoms with Crippen molar-refractivity contribution in [3.05, 3.63) is 66.1 Å². The summed E-state index contributed by atoms with van der Waals surface area (Å²) in [5.74, 6) is -1.04. The summed E-state index contributed by atoms with van der Waals surface area (Å²) in [7, 11) is 0. The van der Waals surface area contributed by atoms with Gasteiger partial charge in [-0.15, -0.1) is 0 Å². The van der Waals surface area contributed by atoms with E-state index < -0.39 is 5.97 Å². The fourth-order valence-electron chi connectivity index (χ4n) is 2.20. The minimum Gasteiger partial charge on any atom is -0.476 e. The van der Waals surface area contributed by atoms with Crippen molar-refractivity contribution in [1.82, 2.24) is 14.8 Å². The molecule has 0 unspecified atom stereocenters. The van der Waals surface area contributed by atoms with Gasteiger partial charge >= 0.3 is 5.97 Å². The molecule has 2 heterocycles. The van der Waals surface area contributed by atoms with E-state index >= 15 is 0 Å². The third-order valence-electron chi connectivity index (χ3n) is 3.25. The van der Waals surface area contributed by atoms with Gasteiger partial charge in [-0.05, 0) is 36.8 Å². The number of hydrogen-bond donors (Lipinski definition) is 1. The van der Waals surface area contributed by atoms with Gasteiger partial charge in [0, 0.05) is 18.0 Å². The number of hydrogen-bond acceptors (Lipinski definition) is 3. The molecule has 3 rings (SSSR count). The first kappa shape index (κ1) is 13.1. The van der Waals surface area contributed by atoms with Crippen LogP contribution in [0, 0.1) is 6.92 Å². The third kappa shape index (κ3) is 2.41. The molecule has 104 valence electrons. The highest BCUT2D eigenvalue weighted by Crippen LogP contribution is 2.25. The van der Waals surface area contributed by atoms with E-state index in [0.29, 0.717) is 0 Å². The molecule has 0 aliphatic carbocycles. The molecule has 0 saturated carbocycles. The summed E-state index contributed by atoms with van der Waals surface area (Å²) in [5.41, 5.74) is 3.49. The number of aromatic nitrogens is 3. The van der Waals surface area contributed by atoms with Gasteiger partial charge in [0.2, 0.25) is 0 Å². The second-order valence-corrected chi connectivity index (χ2v) is 4.65. The molecule has 0 radical (unpaired) electrons. The molecule has 0 aliphatic heterocycles. The van der Waals surface area contributed by atoms with Gasteiger partial charge in [-0.1, -0.05) is 18.2 Å². The fraction of sp³-hybridized carbons (Fsp3) is 0.0625. The summed E-state index contributed by atoms with van der Waals surface area (Å²) < 4.78 is 1.66. The minimum absolute atomic E-state index is 0.0186. The number of para-hydroxylation sites is 1. The lowest BCUT2D eigenvalue weighted by molar-refractivity contribution is 0.0690. The summed E-state index contributed by atoms with van der Waals surface area (Å²) in [6.45, 7) is 1.97. The van der Waals surface area contributed by atoms with E-state index in [9.17, 15) is 9.90 Å². The molecule has 2 aromatic heterocycles. The average Bonchev–Trinajstić information content (AvgIpc) is 2.94. The predicted molar refractivity (Wildman–Crippen MR) is 78.5 cm³/mol. The number of carbonyl (C=O) groups is 1. The Bertz CT molecular complexity index is 794. The molecule has 0 spiro atoms. The van der Waals surface area contributed by atoms with Crippen molar-refractivity contribution >= 4 is 5.97 Å². The van der Waals surface area contributed by atoms with E-state index in [1.807, 2.05) is 43.3 Å². The maximum atomic E-state index is 11.2. The van der Waals surface area contributed by atoms with Crippen LogP contribution in [0.15, 0.2) is 54.9 Å². The largest absolute Gasteiger partial charge is 0.476 e. The zero-order valence-corrected chi connectivity index (χ0v) is 11.4. The number of carboxylic acid groups (broad SMARTS) is 1. The Balaban J connectivity index is 2.24. The van der Waals surface area contributed by atoms with Crippen LogP contribution >= 0.6 is 0 Å². The Kier molecular flexibility index (Phi) is 3.23. The average molecular weight is 279 g/mol. The number of benzene rings is 1. The van der Waals surface area contributed by atoms with Crippen LogP contribution in [0.1, 0.15) is 16.1 Å². The Hall–Kier alpha value is -2.95. The van der Waals surface area contributed by atoms with Gasteiger partial charge in [0.05, 0.1) is 11.4 Å². The van der Waals surface area contributed by atoms with E-state index in [4.69, 9.17) is 0 Å². The van der Waals surface area contributed by atoms with Gasteiger partial charge in [-0.25, -0.2) is 9.48 Å². The van der Waals surface area contributed by atoms with Crippen molar-refractivity contribution in [2.45, 2.75) is 6.92 Å². The van der Waals surface area contributed by atoms with E-state index in [1.54, 1.807) is 23.1 Å². The molecule has 1 aromatic carbocycles. The normalized spacial score (nSPS) is 10.5. The summed E-state index contributed by atoms with van der Waals surface area (Å²) >= 11 is 0. The highest BCUT2D eigenvalue weighted by molar-refractivity contribution is 5.87. The maximum absolute atomic E-state index is 11.2. The van der Waals surface area contributed by atoms with Crippen LogP contribution in [-0.4, -0.2) is 25.8 Å². The Labute approximate surface area is 121 Å². The summed E-state index contributed by atoms with van der Waals surface area (Å²) in [4.78, 5) is 15.2. The Morgan fingerprint density at radius 3 is 2.52 bits per heavy atom. The van der Waals surface area contributed by atoms with Crippen LogP contribution in [0.25, 0.3) is 16.9 Å². The van der Waals surface area contributed by atoms with E-state index in [2.05, 4.69) is 10.1 Å². The highest BCUT2D eigenvalue weighted by atomic mass is 16.4. The van der Waals surface area contributed by atoms with Gasteiger partial charge < -0.3 is 5.11 Å². The number of carboxylic acids is 1. The Morgan fingerprint density at radius 2 is 1.86 bits per heavy atom. The second-order valence-electron chi connectivity index (χ2n) is 4.65. The first-order valence-corrected chi connectivity index (χ1v) is 6.46. The zero-order valence-electron chi connectivity index (χ0n) is 11.4.